The molecule has 0 amide bonds. The van der Waals surface area contributed by atoms with E-state index in [-0.39, 0.29) is 19.3 Å². The zero-order valence-electron chi connectivity index (χ0n) is 10.3. The molecular formula is C10H19F4NO3. The molecule has 0 aliphatic rings. The van der Waals surface area contributed by atoms with Gasteiger partial charge in [-0.1, -0.05) is 0 Å². The molecule has 8 heteroatoms. The van der Waals surface area contributed by atoms with E-state index in [1.807, 2.05) is 0 Å². The standard InChI is InChI=1S/C10H19F4NO3/c1-7(4-17-2)18-5-8(16)3-15-6-10(13,14)9(11)12/h7-9,15-16H,3-6H2,1-2H3. The molecule has 0 aliphatic heterocycles. The van der Waals surface area contributed by atoms with E-state index in [0.717, 1.165) is 0 Å². The van der Waals surface area contributed by atoms with Crippen molar-refractivity contribution in [2.24, 2.45) is 0 Å². The van der Waals surface area contributed by atoms with Gasteiger partial charge in [-0.15, -0.1) is 0 Å². The molecule has 0 radical (unpaired) electrons. The summed E-state index contributed by atoms with van der Waals surface area (Å²) in [6.07, 6.45) is -5.01. The van der Waals surface area contributed by atoms with Crippen molar-refractivity contribution in [2.45, 2.75) is 31.5 Å². The van der Waals surface area contributed by atoms with Crippen molar-refractivity contribution in [3.8, 4) is 0 Å². The van der Waals surface area contributed by atoms with E-state index in [4.69, 9.17) is 9.47 Å². The fraction of sp³-hybridized carbons (Fsp3) is 1.00. The number of halogens is 4. The zero-order chi connectivity index (χ0) is 14.2. The summed E-state index contributed by atoms with van der Waals surface area (Å²) in [4.78, 5) is 0. The lowest BCUT2D eigenvalue weighted by Gasteiger charge is -2.19. The van der Waals surface area contributed by atoms with Crippen LogP contribution in [0.1, 0.15) is 6.92 Å². The number of aliphatic hydroxyl groups is 1. The molecule has 0 rings (SSSR count). The monoisotopic (exact) mass is 277 g/mol. The van der Waals surface area contributed by atoms with Crippen molar-refractivity contribution in [1.82, 2.24) is 5.32 Å². The van der Waals surface area contributed by atoms with Gasteiger partial charge >= 0.3 is 12.3 Å². The fourth-order valence-electron chi connectivity index (χ4n) is 1.10. The molecule has 0 bridgehead atoms. The molecule has 2 N–H and O–H groups in total. The zero-order valence-corrected chi connectivity index (χ0v) is 10.3. The maximum absolute atomic E-state index is 12.5. The lowest BCUT2D eigenvalue weighted by molar-refractivity contribution is -0.126. The van der Waals surface area contributed by atoms with Crippen LogP contribution in [0.5, 0.6) is 0 Å². The summed E-state index contributed by atoms with van der Waals surface area (Å²) in [7, 11) is 1.49. The SMILES string of the molecule is COCC(C)OCC(O)CNCC(F)(F)C(F)F. The second-order valence-electron chi connectivity index (χ2n) is 3.95. The molecular weight excluding hydrogens is 258 g/mol. The smallest absolute Gasteiger partial charge is 0.319 e. The number of alkyl halides is 4. The first kappa shape index (κ1) is 17.6. The van der Waals surface area contributed by atoms with Crippen molar-refractivity contribution < 1.29 is 32.1 Å². The van der Waals surface area contributed by atoms with Crippen LogP contribution in [-0.2, 0) is 9.47 Å². The van der Waals surface area contributed by atoms with Gasteiger partial charge in [0, 0.05) is 13.7 Å². The molecule has 0 aromatic heterocycles. The van der Waals surface area contributed by atoms with E-state index in [9.17, 15) is 22.7 Å². The molecule has 18 heavy (non-hydrogen) atoms. The van der Waals surface area contributed by atoms with Gasteiger partial charge in [-0.3, -0.25) is 0 Å². The summed E-state index contributed by atoms with van der Waals surface area (Å²) in [6, 6.07) is 0. The maximum atomic E-state index is 12.5. The van der Waals surface area contributed by atoms with E-state index in [1.54, 1.807) is 6.92 Å². The first-order chi connectivity index (χ1) is 8.29. The van der Waals surface area contributed by atoms with Gasteiger partial charge < -0.3 is 19.9 Å². The van der Waals surface area contributed by atoms with Gasteiger partial charge in [0.2, 0.25) is 0 Å². The minimum Gasteiger partial charge on any atom is -0.389 e. The van der Waals surface area contributed by atoms with Gasteiger partial charge in [-0.2, -0.15) is 8.78 Å². The summed E-state index contributed by atoms with van der Waals surface area (Å²) >= 11 is 0. The number of rotatable bonds is 10. The van der Waals surface area contributed by atoms with Gasteiger partial charge in [0.15, 0.2) is 0 Å². The fourth-order valence-corrected chi connectivity index (χ4v) is 1.10. The van der Waals surface area contributed by atoms with Gasteiger partial charge in [0.05, 0.1) is 32.0 Å². The Morgan fingerprint density at radius 1 is 1.28 bits per heavy atom. The molecule has 2 atom stereocenters. The second kappa shape index (κ2) is 8.63. The van der Waals surface area contributed by atoms with Crippen molar-refractivity contribution in [2.75, 3.05) is 33.4 Å². The third kappa shape index (κ3) is 7.80. The normalized spacial score (nSPS) is 16.0. The van der Waals surface area contributed by atoms with E-state index in [0.29, 0.717) is 6.61 Å². The van der Waals surface area contributed by atoms with Crippen LogP contribution in [0, 0.1) is 0 Å². The Kier molecular flexibility index (Phi) is 8.41. The average Bonchev–Trinajstić information content (AvgIpc) is 2.26. The summed E-state index contributed by atoms with van der Waals surface area (Å²) in [5.41, 5.74) is 0. The Morgan fingerprint density at radius 3 is 2.39 bits per heavy atom. The predicted molar refractivity (Wildman–Crippen MR) is 57.1 cm³/mol. The topological polar surface area (TPSA) is 50.7 Å². The minimum atomic E-state index is -4.09. The summed E-state index contributed by atoms with van der Waals surface area (Å²) < 4.78 is 58.4. The van der Waals surface area contributed by atoms with Crippen molar-refractivity contribution in [3.05, 3.63) is 0 Å². The van der Waals surface area contributed by atoms with Crippen LogP contribution in [0.15, 0.2) is 0 Å². The third-order valence-corrected chi connectivity index (χ3v) is 2.03. The summed E-state index contributed by atoms with van der Waals surface area (Å²) in [5.74, 6) is -4.09. The lowest BCUT2D eigenvalue weighted by Crippen LogP contribution is -2.42. The van der Waals surface area contributed by atoms with E-state index >= 15 is 0 Å². The van der Waals surface area contributed by atoms with Crippen LogP contribution in [0.2, 0.25) is 0 Å². The van der Waals surface area contributed by atoms with Crippen LogP contribution in [0.4, 0.5) is 17.6 Å². The van der Waals surface area contributed by atoms with Crippen molar-refractivity contribution in [1.29, 1.82) is 0 Å². The first-order valence-corrected chi connectivity index (χ1v) is 5.45. The molecule has 2 unspecified atom stereocenters. The molecule has 0 spiro atoms. The number of methoxy groups -OCH3 is 1. The number of aliphatic hydroxyl groups excluding tert-OH is 1. The Balaban J connectivity index is 3.68. The molecule has 0 heterocycles. The highest BCUT2D eigenvalue weighted by molar-refractivity contribution is 4.73. The number of ether oxygens (including phenoxy) is 2. The van der Waals surface area contributed by atoms with Crippen LogP contribution in [0.3, 0.4) is 0 Å². The van der Waals surface area contributed by atoms with Crippen LogP contribution < -0.4 is 5.32 Å². The number of hydrogen-bond donors (Lipinski definition) is 2. The number of nitrogens with one attached hydrogen (secondary N) is 1. The highest BCUT2D eigenvalue weighted by Gasteiger charge is 2.40. The van der Waals surface area contributed by atoms with E-state index < -0.39 is 25.0 Å². The Morgan fingerprint density at radius 2 is 1.89 bits per heavy atom. The maximum Gasteiger partial charge on any atom is 0.319 e. The van der Waals surface area contributed by atoms with Gasteiger partial charge in [0.25, 0.3) is 0 Å². The van der Waals surface area contributed by atoms with Gasteiger partial charge in [-0.05, 0) is 6.92 Å². The lowest BCUT2D eigenvalue weighted by atomic mass is 10.3. The molecule has 0 aromatic carbocycles. The molecule has 4 nitrogen and oxygen atoms in total. The molecule has 110 valence electrons. The molecule has 0 saturated carbocycles. The van der Waals surface area contributed by atoms with E-state index in [1.165, 1.54) is 7.11 Å². The quantitative estimate of drug-likeness (QED) is 0.582. The Labute approximate surface area is 103 Å². The molecule has 0 saturated heterocycles. The van der Waals surface area contributed by atoms with Crippen LogP contribution in [-0.4, -0.2) is 63.1 Å². The van der Waals surface area contributed by atoms with Crippen molar-refractivity contribution >= 4 is 0 Å². The summed E-state index contributed by atoms with van der Waals surface area (Å²) in [6.45, 7) is 0.535. The molecule has 0 fully saturated rings. The van der Waals surface area contributed by atoms with Gasteiger partial charge in [-0.25, -0.2) is 8.78 Å². The highest BCUT2D eigenvalue weighted by Crippen LogP contribution is 2.21. The highest BCUT2D eigenvalue weighted by atomic mass is 19.3. The van der Waals surface area contributed by atoms with Crippen LogP contribution >= 0.6 is 0 Å². The largest absolute Gasteiger partial charge is 0.389 e. The van der Waals surface area contributed by atoms with Crippen LogP contribution in [0.25, 0.3) is 0 Å². The molecule has 0 aromatic rings. The van der Waals surface area contributed by atoms with E-state index in [2.05, 4.69) is 5.32 Å². The van der Waals surface area contributed by atoms with Gasteiger partial charge in [0.1, 0.15) is 0 Å². The predicted octanol–water partition coefficient (Wildman–Crippen LogP) is 0.889. The number of hydrogen-bond acceptors (Lipinski definition) is 4. The Hall–Kier alpha value is -0.440. The summed E-state index contributed by atoms with van der Waals surface area (Å²) in [5, 5.41) is 11.4. The molecule has 0 aliphatic carbocycles. The Bertz CT molecular complexity index is 219. The third-order valence-electron chi connectivity index (χ3n) is 2.03. The average molecular weight is 277 g/mol. The first-order valence-electron chi connectivity index (χ1n) is 5.45. The minimum absolute atomic E-state index is 0.0855. The second-order valence-corrected chi connectivity index (χ2v) is 3.95. The van der Waals surface area contributed by atoms with Crippen molar-refractivity contribution in [3.63, 3.8) is 0 Å².